The molecule has 3 rings (SSSR count). The predicted octanol–water partition coefficient (Wildman–Crippen LogP) is 1.79. The van der Waals surface area contributed by atoms with Crippen LogP contribution in [0.4, 0.5) is 0 Å². The molecule has 108 valence electrons. The van der Waals surface area contributed by atoms with E-state index in [1.165, 1.54) is 11.3 Å². The van der Waals surface area contributed by atoms with Gasteiger partial charge in [0, 0.05) is 42.3 Å². The van der Waals surface area contributed by atoms with Crippen LogP contribution < -0.4 is 5.73 Å². The summed E-state index contributed by atoms with van der Waals surface area (Å²) in [7, 11) is 0. The highest BCUT2D eigenvalue weighted by atomic mass is 32.2. The molecule has 1 unspecified atom stereocenters. The number of likely N-dealkylation sites (tertiary alicyclic amines) is 1. The summed E-state index contributed by atoms with van der Waals surface area (Å²) in [5, 5.41) is 0.135. The Labute approximate surface area is 128 Å². The van der Waals surface area contributed by atoms with Crippen molar-refractivity contribution in [1.82, 2.24) is 4.90 Å². The number of nitrogens with zero attached hydrogens (tertiary/aromatic N) is 1. The fraction of sp³-hybridized carbons (Fsp3) is 0.533. The molecule has 2 aliphatic rings. The summed E-state index contributed by atoms with van der Waals surface area (Å²) in [5.74, 6) is 3.77. The molecule has 20 heavy (non-hydrogen) atoms. The topological polar surface area (TPSA) is 46.3 Å². The fourth-order valence-electron chi connectivity index (χ4n) is 2.90. The van der Waals surface area contributed by atoms with Crippen molar-refractivity contribution in [2.45, 2.75) is 17.2 Å². The minimum atomic E-state index is 0.0580. The Morgan fingerprint density at radius 3 is 2.70 bits per heavy atom. The summed E-state index contributed by atoms with van der Waals surface area (Å²) >= 11 is 3.69. The average Bonchev–Trinajstić information content (AvgIpc) is 2.90. The Morgan fingerprint density at radius 2 is 2.00 bits per heavy atom. The van der Waals surface area contributed by atoms with Gasteiger partial charge in [0.2, 0.25) is 5.91 Å². The zero-order chi connectivity index (χ0) is 13.9. The molecule has 2 fully saturated rings. The zero-order valence-corrected chi connectivity index (χ0v) is 13.0. The van der Waals surface area contributed by atoms with E-state index < -0.39 is 0 Å². The zero-order valence-electron chi connectivity index (χ0n) is 11.4. The number of thioether (sulfide) groups is 2. The minimum Gasteiger partial charge on any atom is -0.339 e. The molecule has 0 saturated carbocycles. The number of rotatable bonds is 2. The van der Waals surface area contributed by atoms with Crippen LogP contribution in [-0.4, -0.2) is 52.4 Å². The van der Waals surface area contributed by atoms with Crippen LogP contribution in [0.2, 0.25) is 0 Å². The predicted molar refractivity (Wildman–Crippen MR) is 87.3 cm³/mol. The molecule has 0 aromatic heterocycles. The highest BCUT2D eigenvalue weighted by Gasteiger charge is 2.36. The molecule has 2 N–H and O–H groups in total. The Hall–Kier alpha value is -0.650. The summed E-state index contributed by atoms with van der Waals surface area (Å²) in [5.41, 5.74) is 7.51. The van der Waals surface area contributed by atoms with Gasteiger partial charge >= 0.3 is 0 Å². The monoisotopic (exact) mass is 308 g/mol. The molecule has 1 aromatic carbocycles. The van der Waals surface area contributed by atoms with E-state index >= 15 is 0 Å². The van der Waals surface area contributed by atoms with Crippen molar-refractivity contribution in [2.24, 2.45) is 5.73 Å². The van der Waals surface area contributed by atoms with Gasteiger partial charge < -0.3 is 10.6 Å². The quantitative estimate of drug-likeness (QED) is 0.905. The first-order valence-corrected chi connectivity index (χ1v) is 9.24. The van der Waals surface area contributed by atoms with Crippen molar-refractivity contribution in [2.75, 3.05) is 30.3 Å². The normalized spacial score (nSPS) is 30.4. The Balaban J connectivity index is 1.67. The lowest BCUT2D eigenvalue weighted by atomic mass is 9.95. The Kier molecular flexibility index (Phi) is 4.58. The maximum absolute atomic E-state index is 12.6. The molecule has 2 heterocycles. The molecule has 3 nitrogen and oxygen atoms in total. The van der Waals surface area contributed by atoms with Crippen molar-refractivity contribution in [3.8, 4) is 0 Å². The van der Waals surface area contributed by atoms with Crippen LogP contribution in [0.1, 0.15) is 11.5 Å². The van der Waals surface area contributed by atoms with Gasteiger partial charge in [-0.05, 0) is 5.56 Å². The number of hydrogen-bond acceptors (Lipinski definition) is 4. The summed E-state index contributed by atoms with van der Waals surface area (Å²) in [6, 6.07) is 10.4. The van der Waals surface area contributed by atoms with Crippen molar-refractivity contribution < 1.29 is 4.79 Å². The lowest BCUT2D eigenvalue weighted by Crippen LogP contribution is -2.40. The van der Waals surface area contributed by atoms with Crippen LogP contribution in [0.5, 0.6) is 0 Å². The summed E-state index contributed by atoms with van der Waals surface area (Å²) < 4.78 is 0. The number of carbonyl (C=O) groups is 1. The van der Waals surface area contributed by atoms with Crippen molar-refractivity contribution >= 4 is 29.4 Å². The number of carbonyl (C=O) groups excluding carboxylic acids is 1. The van der Waals surface area contributed by atoms with Crippen LogP contribution in [0.25, 0.3) is 0 Å². The van der Waals surface area contributed by atoms with Crippen molar-refractivity contribution in [3.05, 3.63) is 35.9 Å². The standard InChI is InChI=1S/C15H20N2OS2/c16-13-9-17(15(18)14-10-19-6-7-20-14)8-12(13)11-4-2-1-3-5-11/h1-5,12-14H,6-10,16H2/t12-,13+,14?/m0/s1. The van der Waals surface area contributed by atoms with Crippen LogP contribution in [0.15, 0.2) is 30.3 Å². The first kappa shape index (κ1) is 14.3. The fourth-order valence-corrected chi connectivity index (χ4v) is 5.53. The van der Waals surface area contributed by atoms with Crippen LogP contribution >= 0.6 is 23.5 Å². The number of benzene rings is 1. The largest absolute Gasteiger partial charge is 0.339 e. The number of nitrogens with two attached hydrogens (primary N) is 1. The second-order valence-corrected chi connectivity index (χ2v) is 7.82. The third-order valence-corrected chi connectivity index (χ3v) is 6.74. The van der Waals surface area contributed by atoms with Gasteiger partial charge in [0.1, 0.15) is 0 Å². The molecule has 0 spiro atoms. The second kappa shape index (κ2) is 6.41. The Morgan fingerprint density at radius 1 is 1.20 bits per heavy atom. The average molecular weight is 308 g/mol. The molecule has 1 amide bonds. The van der Waals surface area contributed by atoms with E-state index in [-0.39, 0.29) is 23.1 Å². The van der Waals surface area contributed by atoms with Crippen molar-refractivity contribution in [1.29, 1.82) is 0 Å². The number of amides is 1. The molecule has 0 bridgehead atoms. The molecule has 5 heteroatoms. The molecular weight excluding hydrogens is 288 g/mol. The smallest absolute Gasteiger partial charge is 0.236 e. The second-order valence-electron chi connectivity index (χ2n) is 5.36. The highest BCUT2D eigenvalue weighted by molar-refractivity contribution is 8.07. The Bertz CT molecular complexity index is 462. The van der Waals surface area contributed by atoms with Gasteiger partial charge in [-0.1, -0.05) is 30.3 Å². The first-order valence-electron chi connectivity index (χ1n) is 7.04. The summed E-state index contributed by atoms with van der Waals surface area (Å²) in [6.07, 6.45) is 0. The van der Waals surface area contributed by atoms with E-state index in [0.29, 0.717) is 6.54 Å². The number of hydrogen-bond donors (Lipinski definition) is 1. The van der Waals surface area contributed by atoms with Crippen molar-refractivity contribution in [3.63, 3.8) is 0 Å². The van der Waals surface area contributed by atoms with E-state index in [9.17, 15) is 4.79 Å². The lowest BCUT2D eigenvalue weighted by Gasteiger charge is -2.25. The molecule has 0 radical (unpaired) electrons. The van der Waals surface area contributed by atoms with E-state index in [2.05, 4.69) is 12.1 Å². The van der Waals surface area contributed by atoms with E-state index in [4.69, 9.17) is 5.73 Å². The van der Waals surface area contributed by atoms with Gasteiger partial charge in [-0.3, -0.25) is 4.79 Å². The SMILES string of the molecule is N[C@@H]1CN(C(=O)C2CSCCS2)C[C@H]1c1ccccc1. The maximum Gasteiger partial charge on any atom is 0.236 e. The van der Waals surface area contributed by atoms with E-state index in [0.717, 1.165) is 18.1 Å². The summed E-state index contributed by atoms with van der Waals surface area (Å²) in [6.45, 7) is 1.46. The van der Waals surface area contributed by atoms with Crippen LogP contribution in [0.3, 0.4) is 0 Å². The molecule has 2 saturated heterocycles. The molecule has 1 aromatic rings. The van der Waals surface area contributed by atoms with Gasteiger partial charge in [0.25, 0.3) is 0 Å². The van der Waals surface area contributed by atoms with Gasteiger partial charge in [-0.2, -0.15) is 11.8 Å². The van der Waals surface area contributed by atoms with Gasteiger partial charge in [-0.25, -0.2) is 0 Å². The van der Waals surface area contributed by atoms with Crippen LogP contribution in [0, 0.1) is 0 Å². The molecule has 3 atom stereocenters. The molecule has 0 aliphatic carbocycles. The third-order valence-electron chi connectivity index (χ3n) is 4.00. The van der Waals surface area contributed by atoms with E-state index in [1.54, 1.807) is 11.8 Å². The minimum absolute atomic E-state index is 0.0580. The summed E-state index contributed by atoms with van der Waals surface area (Å²) in [4.78, 5) is 14.5. The van der Waals surface area contributed by atoms with Gasteiger partial charge in [0.15, 0.2) is 0 Å². The van der Waals surface area contributed by atoms with Gasteiger partial charge in [-0.15, -0.1) is 11.8 Å². The van der Waals surface area contributed by atoms with Gasteiger partial charge in [0.05, 0.1) is 5.25 Å². The van der Waals surface area contributed by atoms with E-state index in [1.807, 2.05) is 34.9 Å². The van der Waals surface area contributed by atoms with Crippen LogP contribution in [-0.2, 0) is 4.79 Å². The third kappa shape index (κ3) is 3.00. The lowest BCUT2D eigenvalue weighted by molar-refractivity contribution is -0.129. The highest BCUT2D eigenvalue weighted by Crippen LogP contribution is 2.30. The molecular formula is C15H20N2OS2. The molecule has 2 aliphatic heterocycles. The maximum atomic E-state index is 12.6. The first-order chi connectivity index (χ1) is 9.75.